The predicted octanol–water partition coefficient (Wildman–Crippen LogP) is 5.09. The fraction of sp³-hybridized carbons (Fsp3) is 0.263. The van der Waals surface area contributed by atoms with Crippen molar-refractivity contribution in [3.05, 3.63) is 51.4 Å². The van der Waals surface area contributed by atoms with Crippen LogP contribution in [0.25, 0.3) is 16.5 Å². The monoisotopic (exact) mass is 519 g/mol. The van der Waals surface area contributed by atoms with E-state index in [1.165, 1.54) is 23.8 Å². The number of halogens is 1. The third-order valence-corrected chi connectivity index (χ3v) is 6.06. The maximum absolute atomic E-state index is 11.2. The van der Waals surface area contributed by atoms with Crippen LogP contribution in [0.2, 0.25) is 0 Å². The molecule has 8 heteroatoms. The maximum Gasteiger partial charge on any atom is 0.205 e. The van der Waals surface area contributed by atoms with Gasteiger partial charge in [-0.3, -0.25) is 9.36 Å². The van der Waals surface area contributed by atoms with Crippen LogP contribution in [0.4, 0.5) is 0 Å². The summed E-state index contributed by atoms with van der Waals surface area (Å²) in [5, 5.41) is 20.7. The molecular weight excluding hydrogens is 503 g/mol. The van der Waals surface area contributed by atoms with Crippen molar-refractivity contribution in [2.75, 3.05) is 0 Å². The molecule has 0 unspecified atom stereocenters. The minimum Gasteiger partial charge on any atom is -0.502 e. The van der Waals surface area contributed by atoms with E-state index in [-0.39, 0.29) is 38.0 Å². The number of nitrogens with zero attached hydrogens (tertiary/aromatic N) is 3. The van der Waals surface area contributed by atoms with E-state index in [1.54, 1.807) is 6.92 Å². The van der Waals surface area contributed by atoms with Crippen molar-refractivity contribution < 1.29 is 42.6 Å². The summed E-state index contributed by atoms with van der Waals surface area (Å²) in [6, 6.07) is 10.6. The van der Waals surface area contributed by atoms with Crippen LogP contribution in [0.3, 0.4) is 0 Å². The van der Waals surface area contributed by atoms with Crippen LogP contribution < -0.4 is 0 Å². The zero-order chi connectivity index (χ0) is 18.4. The zero-order valence-electron chi connectivity index (χ0n) is 14.9. The first-order valence-electron chi connectivity index (χ1n) is 8.35. The minimum atomic E-state index is -0.952. The van der Waals surface area contributed by atoms with Gasteiger partial charge in [-0.2, -0.15) is 6.92 Å². The number of hydrogen-bond donors (Lipinski definition) is 1. The number of fused-ring (bicyclic) bond motifs is 1. The second kappa shape index (κ2) is 8.23. The molecule has 0 bridgehead atoms. The number of thioether (sulfide) groups is 1. The molecule has 5 nitrogen and oxygen atoms in total. The molecule has 0 atom stereocenters. The minimum absolute atomic E-state index is 0. The number of aromatic nitrogens is 3. The first-order valence-corrected chi connectivity index (χ1v) is 9.96. The van der Waals surface area contributed by atoms with Crippen molar-refractivity contribution in [1.82, 2.24) is 14.8 Å². The van der Waals surface area contributed by atoms with E-state index in [9.17, 15) is 9.90 Å². The first kappa shape index (κ1) is 20.8. The molecule has 137 valence electrons. The van der Waals surface area contributed by atoms with Gasteiger partial charge in [0.25, 0.3) is 0 Å². The normalized spacial score (nSPS) is 13.4. The van der Waals surface area contributed by atoms with Crippen LogP contribution in [-0.2, 0) is 37.5 Å². The fourth-order valence-corrected chi connectivity index (χ4v) is 4.50. The number of aryl methyl sites for hydroxylation is 1. The first-order chi connectivity index (χ1) is 12.5. The number of benzene rings is 2. The quantitative estimate of drug-likeness (QED) is 0.375. The van der Waals surface area contributed by atoms with E-state index in [0.717, 1.165) is 28.4 Å². The van der Waals surface area contributed by atoms with Gasteiger partial charge in [-0.15, -0.1) is 10.2 Å². The molecule has 1 aliphatic carbocycles. The maximum atomic E-state index is 11.2. The topological polar surface area (TPSA) is 68.0 Å². The molecular formula is C19H17BrN3O2SY-. The second-order valence-corrected chi connectivity index (χ2v) is 8.39. The van der Waals surface area contributed by atoms with Gasteiger partial charge in [-0.05, 0) is 58.1 Å². The third-order valence-electron chi connectivity index (χ3n) is 4.62. The molecule has 1 saturated carbocycles. The van der Waals surface area contributed by atoms with Crippen LogP contribution in [0.1, 0.15) is 36.8 Å². The molecule has 0 spiro atoms. The summed E-state index contributed by atoms with van der Waals surface area (Å²) in [6.07, 6.45) is 2.49. The van der Waals surface area contributed by atoms with Gasteiger partial charge in [0.2, 0.25) is 4.73 Å². The molecule has 0 saturated heterocycles. The Morgan fingerprint density at radius 2 is 1.96 bits per heavy atom. The van der Waals surface area contributed by atoms with Gasteiger partial charge in [0.1, 0.15) is 0 Å². The molecule has 27 heavy (non-hydrogen) atoms. The van der Waals surface area contributed by atoms with Gasteiger partial charge >= 0.3 is 0 Å². The molecule has 0 amide bonds. The van der Waals surface area contributed by atoms with Crippen molar-refractivity contribution in [2.24, 2.45) is 0 Å². The molecule has 4 rings (SSSR count). The number of carbonyl (C=O) groups is 1. The van der Waals surface area contributed by atoms with E-state index in [0.29, 0.717) is 15.8 Å². The van der Waals surface area contributed by atoms with Gasteiger partial charge in [-0.1, -0.05) is 30.3 Å². The Labute approximate surface area is 195 Å². The summed E-state index contributed by atoms with van der Waals surface area (Å²) >= 11 is 4.59. The van der Waals surface area contributed by atoms with Gasteiger partial charge in [0.15, 0.2) is 11.1 Å². The van der Waals surface area contributed by atoms with Crippen molar-refractivity contribution in [1.29, 1.82) is 0 Å². The van der Waals surface area contributed by atoms with Crippen LogP contribution in [0.15, 0.2) is 40.2 Å². The fourth-order valence-electron chi connectivity index (χ4n) is 3.25. The summed E-state index contributed by atoms with van der Waals surface area (Å²) in [5.41, 5.74) is 3.51. The predicted molar refractivity (Wildman–Crippen MR) is 106 cm³/mol. The van der Waals surface area contributed by atoms with Gasteiger partial charge in [0, 0.05) is 38.1 Å². The average Bonchev–Trinajstić information content (AvgIpc) is 3.40. The number of carboxylic acid groups (broad SMARTS) is 1. The molecule has 1 fully saturated rings. The SMILES string of the molecule is Cc1cc(C2CC2)c2ccccc2c1-n1c(Br)nnc1S[C-](C)C(=O)O.[Y]. The molecule has 1 aliphatic rings. The van der Waals surface area contributed by atoms with Gasteiger partial charge in [0.05, 0.1) is 5.69 Å². The van der Waals surface area contributed by atoms with Gasteiger partial charge < -0.3 is 5.11 Å². The summed E-state index contributed by atoms with van der Waals surface area (Å²) in [4.78, 5) is 11.2. The zero-order valence-corrected chi connectivity index (χ0v) is 20.2. The van der Waals surface area contributed by atoms with Crippen molar-refractivity contribution >= 4 is 44.4 Å². The summed E-state index contributed by atoms with van der Waals surface area (Å²) in [5.74, 6) is -0.306. The summed E-state index contributed by atoms with van der Waals surface area (Å²) in [7, 11) is 0. The third kappa shape index (κ3) is 3.97. The van der Waals surface area contributed by atoms with Crippen LogP contribution in [0, 0.1) is 12.2 Å². The van der Waals surface area contributed by atoms with Crippen LogP contribution >= 0.6 is 27.7 Å². The Morgan fingerprint density at radius 1 is 1.30 bits per heavy atom. The second-order valence-electron chi connectivity index (χ2n) is 6.50. The Kier molecular flexibility index (Phi) is 6.35. The Morgan fingerprint density at radius 3 is 2.59 bits per heavy atom. The molecule has 1 aromatic heterocycles. The van der Waals surface area contributed by atoms with E-state index >= 15 is 0 Å². The van der Waals surface area contributed by atoms with Crippen molar-refractivity contribution in [3.8, 4) is 5.69 Å². The van der Waals surface area contributed by atoms with Crippen LogP contribution in [0.5, 0.6) is 0 Å². The number of hydrogen-bond acceptors (Lipinski definition) is 4. The Bertz CT molecular complexity index is 1020. The molecule has 3 aromatic rings. The number of rotatable bonds is 5. The molecule has 1 N–H and O–H groups in total. The van der Waals surface area contributed by atoms with Crippen molar-refractivity contribution in [2.45, 2.75) is 37.8 Å². The molecule has 0 aliphatic heterocycles. The van der Waals surface area contributed by atoms with E-state index in [4.69, 9.17) is 0 Å². The van der Waals surface area contributed by atoms with E-state index < -0.39 is 5.97 Å². The number of carboxylic acids is 1. The smallest absolute Gasteiger partial charge is 0.205 e. The summed E-state index contributed by atoms with van der Waals surface area (Å²) < 4.78 is 2.46. The Hall–Kier alpha value is -0.886. The van der Waals surface area contributed by atoms with E-state index in [1.807, 2.05) is 10.6 Å². The van der Waals surface area contributed by atoms with Crippen molar-refractivity contribution in [3.63, 3.8) is 0 Å². The molecule has 2 aromatic carbocycles. The van der Waals surface area contributed by atoms with E-state index in [2.05, 4.69) is 57.3 Å². The largest absolute Gasteiger partial charge is 0.502 e. The average molecular weight is 520 g/mol. The van der Waals surface area contributed by atoms with Gasteiger partial charge in [-0.25, -0.2) is 17.0 Å². The number of aliphatic carboxylic acids is 1. The standard InChI is InChI=1S/C19H17BrN3O2S.Y/c1-10-9-15(12-7-8-12)13-5-3-4-6-14(13)16(10)23-18(20)21-22-19(23)26-11(2)17(24)25;/h3-6,9,12H,7-8H2,1-2H3,(H,24,25);/q-1;. The Balaban J connectivity index is 0.00000210. The molecule has 1 radical (unpaired) electrons. The molecule has 1 heterocycles. The summed E-state index contributed by atoms with van der Waals surface area (Å²) in [6.45, 7) is 3.66. The van der Waals surface area contributed by atoms with Crippen LogP contribution in [-0.4, -0.2) is 25.8 Å².